The fourth-order valence-corrected chi connectivity index (χ4v) is 3.64. The minimum Gasteiger partial charge on any atom is -0.381 e. The molecule has 0 amide bonds. The smallest absolute Gasteiger partial charge is 0.185 e. The van der Waals surface area contributed by atoms with Gasteiger partial charge in [0.05, 0.1) is 6.61 Å². The van der Waals surface area contributed by atoms with E-state index >= 15 is 0 Å². The molecule has 1 atom stereocenters. The van der Waals surface area contributed by atoms with Gasteiger partial charge in [0, 0.05) is 62.9 Å². The molecule has 0 spiro atoms. The number of piperazine rings is 1. The van der Waals surface area contributed by atoms with Gasteiger partial charge in [-0.25, -0.2) is 4.98 Å². The lowest BCUT2D eigenvalue weighted by molar-refractivity contribution is 0.111. The molecule has 2 aliphatic rings. The second-order valence-corrected chi connectivity index (χ2v) is 6.46. The van der Waals surface area contributed by atoms with Crippen LogP contribution in [0.1, 0.15) is 6.42 Å². The first kappa shape index (κ1) is 13.3. The summed E-state index contributed by atoms with van der Waals surface area (Å²) >= 11 is 1.72. The third kappa shape index (κ3) is 2.91. The highest BCUT2D eigenvalue weighted by molar-refractivity contribution is 7.13. The number of thiazole rings is 1. The first-order chi connectivity index (χ1) is 9.31. The van der Waals surface area contributed by atoms with Crippen molar-refractivity contribution in [1.82, 2.24) is 9.88 Å². The molecule has 19 heavy (non-hydrogen) atoms. The number of aromatic nitrogens is 1. The van der Waals surface area contributed by atoms with Crippen molar-refractivity contribution in [2.45, 2.75) is 6.42 Å². The third-order valence-corrected chi connectivity index (χ3v) is 5.07. The Bertz CT molecular complexity index is 383. The highest BCUT2D eigenvalue weighted by Gasteiger charge is 2.36. The lowest BCUT2D eigenvalue weighted by Gasteiger charge is -2.39. The van der Waals surface area contributed by atoms with Crippen LogP contribution in [0.5, 0.6) is 0 Å². The van der Waals surface area contributed by atoms with Gasteiger partial charge in [0.25, 0.3) is 0 Å². The van der Waals surface area contributed by atoms with Gasteiger partial charge in [-0.05, 0) is 6.42 Å². The number of rotatable bonds is 4. The van der Waals surface area contributed by atoms with E-state index in [9.17, 15) is 0 Å². The molecule has 1 aromatic rings. The lowest BCUT2D eigenvalue weighted by atomic mass is 9.86. The van der Waals surface area contributed by atoms with E-state index in [4.69, 9.17) is 10.5 Å². The molecular weight excluding hydrogens is 260 g/mol. The summed E-state index contributed by atoms with van der Waals surface area (Å²) in [6, 6.07) is 0. The number of ether oxygens (including phenoxy) is 1. The number of hydrogen-bond acceptors (Lipinski definition) is 6. The molecule has 1 unspecified atom stereocenters. The van der Waals surface area contributed by atoms with Gasteiger partial charge >= 0.3 is 0 Å². The normalized spacial score (nSPS) is 29.0. The van der Waals surface area contributed by atoms with Crippen LogP contribution in [0.4, 0.5) is 5.13 Å². The Hall–Kier alpha value is -0.690. The van der Waals surface area contributed by atoms with Gasteiger partial charge in [-0.15, -0.1) is 11.3 Å². The molecule has 2 aliphatic heterocycles. The highest BCUT2D eigenvalue weighted by atomic mass is 32.1. The van der Waals surface area contributed by atoms with Gasteiger partial charge in [0.1, 0.15) is 0 Å². The van der Waals surface area contributed by atoms with E-state index in [0.29, 0.717) is 0 Å². The summed E-state index contributed by atoms with van der Waals surface area (Å²) in [6.07, 6.45) is 2.99. The predicted molar refractivity (Wildman–Crippen MR) is 77.7 cm³/mol. The second-order valence-electron chi connectivity index (χ2n) is 5.58. The monoisotopic (exact) mass is 282 g/mol. The maximum absolute atomic E-state index is 5.97. The highest BCUT2D eigenvalue weighted by Crippen LogP contribution is 2.29. The van der Waals surface area contributed by atoms with Crippen LogP contribution in [0.15, 0.2) is 11.6 Å². The quantitative estimate of drug-likeness (QED) is 0.878. The minimum absolute atomic E-state index is 0.198. The van der Waals surface area contributed by atoms with E-state index in [1.165, 1.54) is 0 Å². The van der Waals surface area contributed by atoms with Crippen LogP contribution in [0.25, 0.3) is 0 Å². The van der Waals surface area contributed by atoms with Crippen molar-refractivity contribution in [3.63, 3.8) is 0 Å². The van der Waals surface area contributed by atoms with Crippen LogP contribution in [0.2, 0.25) is 0 Å². The maximum Gasteiger partial charge on any atom is 0.185 e. The predicted octanol–water partition coefficient (Wildman–Crippen LogP) is 0.630. The van der Waals surface area contributed by atoms with Gasteiger partial charge in [-0.2, -0.15) is 0 Å². The molecule has 0 saturated carbocycles. The average Bonchev–Trinajstić information content (AvgIpc) is 3.11. The Morgan fingerprint density at radius 2 is 2.21 bits per heavy atom. The maximum atomic E-state index is 5.97. The molecule has 3 rings (SSSR count). The molecule has 0 aromatic carbocycles. The summed E-state index contributed by atoms with van der Waals surface area (Å²) in [4.78, 5) is 9.29. The molecule has 1 aromatic heterocycles. The Balaban J connectivity index is 1.53. The van der Waals surface area contributed by atoms with E-state index in [-0.39, 0.29) is 5.41 Å². The Morgan fingerprint density at radius 1 is 1.37 bits per heavy atom. The molecule has 0 bridgehead atoms. The molecule has 5 nitrogen and oxygen atoms in total. The van der Waals surface area contributed by atoms with E-state index in [1.807, 2.05) is 11.6 Å². The molecule has 106 valence electrons. The van der Waals surface area contributed by atoms with Crippen molar-refractivity contribution in [3.8, 4) is 0 Å². The molecule has 3 heterocycles. The largest absolute Gasteiger partial charge is 0.381 e. The van der Waals surface area contributed by atoms with Crippen molar-refractivity contribution in [3.05, 3.63) is 11.6 Å². The SMILES string of the molecule is NCC1(CN2CCN(c3nccs3)CC2)CCOC1. The van der Waals surface area contributed by atoms with E-state index in [2.05, 4.69) is 14.8 Å². The van der Waals surface area contributed by atoms with Gasteiger partial charge in [0.15, 0.2) is 5.13 Å². The Labute approximate surface area is 118 Å². The molecule has 0 aliphatic carbocycles. The number of nitrogens with zero attached hydrogens (tertiary/aromatic N) is 3. The first-order valence-corrected chi connectivity index (χ1v) is 7.84. The third-order valence-electron chi connectivity index (χ3n) is 4.24. The van der Waals surface area contributed by atoms with Gasteiger partial charge in [0.2, 0.25) is 0 Å². The number of anilines is 1. The zero-order valence-corrected chi connectivity index (χ0v) is 12.1. The van der Waals surface area contributed by atoms with Crippen LogP contribution in [-0.2, 0) is 4.74 Å². The summed E-state index contributed by atoms with van der Waals surface area (Å²) in [5.74, 6) is 0. The first-order valence-electron chi connectivity index (χ1n) is 6.96. The summed E-state index contributed by atoms with van der Waals surface area (Å²) in [7, 11) is 0. The Morgan fingerprint density at radius 3 is 2.79 bits per heavy atom. The summed E-state index contributed by atoms with van der Waals surface area (Å²) in [5.41, 5.74) is 6.16. The summed E-state index contributed by atoms with van der Waals surface area (Å²) in [5, 5.41) is 3.19. The number of hydrogen-bond donors (Lipinski definition) is 1. The van der Waals surface area contributed by atoms with Crippen LogP contribution in [-0.4, -0.2) is 62.4 Å². The molecule has 2 fully saturated rings. The van der Waals surface area contributed by atoms with E-state index in [0.717, 1.165) is 64.0 Å². The minimum atomic E-state index is 0.198. The van der Waals surface area contributed by atoms with Gasteiger partial charge in [-0.3, -0.25) is 4.90 Å². The number of nitrogens with two attached hydrogens (primary N) is 1. The van der Waals surface area contributed by atoms with E-state index in [1.54, 1.807) is 11.3 Å². The molecule has 2 saturated heterocycles. The average molecular weight is 282 g/mol. The molecular formula is C13H22N4OS. The zero-order valence-electron chi connectivity index (χ0n) is 11.3. The van der Waals surface area contributed by atoms with Crippen molar-refractivity contribution in [2.24, 2.45) is 11.1 Å². The van der Waals surface area contributed by atoms with Gasteiger partial charge in [-0.1, -0.05) is 0 Å². The van der Waals surface area contributed by atoms with Crippen LogP contribution in [0, 0.1) is 5.41 Å². The lowest BCUT2D eigenvalue weighted by Crippen LogP contribution is -2.51. The zero-order chi connectivity index (χ0) is 13.1. The molecule has 6 heteroatoms. The van der Waals surface area contributed by atoms with Crippen molar-refractivity contribution in [1.29, 1.82) is 0 Å². The van der Waals surface area contributed by atoms with Crippen molar-refractivity contribution in [2.75, 3.05) is 57.4 Å². The fourth-order valence-electron chi connectivity index (χ4n) is 2.94. The molecule has 2 N–H and O–H groups in total. The van der Waals surface area contributed by atoms with Crippen LogP contribution < -0.4 is 10.6 Å². The van der Waals surface area contributed by atoms with Crippen molar-refractivity contribution < 1.29 is 4.74 Å². The van der Waals surface area contributed by atoms with Gasteiger partial charge < -0.3 is 15.4 Å². The standard InChI is InChI=1S/C13H22N4OS/c14-9-13(1-7-18-11-13)10-16-3-5-17(6-4-16)12-15-2-8-19-12/h2,8H,1,3-7,9-11,14H2. The molecule has 0 radical (unpaired) electrons. The summed E-state index contributed by atoms with van der Waals surface area (Å²) < 4.78 is 5.55. The Kier molecular flexibility index (Phi) is 4.02. The topological polar surface area (TPSA) is 54.6 Å². The second kappa shape index (κ2) is 5.75. The fraction of sp³-hybridized carbons (Fsp3) is 0.769. The summed E-state index contributed by atoms with van der Waals surface area (Å²) in [6.45, 7) is 7.84. The van der Waals surface area contributed by atoms with Crippen molar-refractivity contribution >= 4 is 16.5 Å². The van der Waals surface area contributed by atoms with Crippen LogP contribution in [0.3, 0.4) is 0 Å². The van der Waals surface area contributed by atoms with Crippen LogP contribution >= 0.6 is 11.3 Å². The van der Waals surface area contributed by atoms with E-state index < -0.39 is 0 Å².